The number of nitrogens with one attached hydrogen (secondary N) is 1. The van der Waals surface area contributed by atoms with Crippen LogP contribution in [0.1, 0.15) is 40.3 Å². The van der Waals surface area contributed by atoms with E-state index in [0.29, 0.717) is 19.6 Å². The van der Waals surface area contributed by atoms with Gasteiger partial charge in [-0.25, -0.2) is 8.42 Å². The molecule has 25 heavy (non-hydrogen) atoms. The molecule has 1 amide bonds. The van der Waals surface area contributed by atoms with Crippen LogP contribution in [-0.2, 0) is 23.6 Å². The van der Waals surface area contributed by atoms with Crippen LogP contribution in [0.4, 0.5) is 0 Å². The maximum absolute atomic E-state index is 12.9. The summed E-state index contributed by atoms with van der Waals surface area (Å²) in [6.07, 6.45) is 2.80. The Morgan fingerprint density at radius 1 is 1.20 bits per heavy atom. The van der Waals surface area contributed by atoms with Crippen LogP contribution in [0.25, 0.3) is 0 Å². The maximum Gasteiger partial charge on any atom is 0.263 e. The normalized spacial score (nSPS) is 16.1. The summed E-state index contributed by atoms with van der Waals surface area (Å²) in [5, 5.41) is 4.50. The lowest BCUT2D eigenvalue weighted by Gasteiger charge is -2.25. The van der Waals surface area contributed by atoms with Crippen molar-refractivity contribution in [1.82, 2.24) is 14.2 Å². The molecule has 0 saturated carbocycles. The zero-order valence-electron chi connectivity index (χ0n) is 14.5. The highest BCUT2D eigenvalue weighted by Gasteiger charge is 2.30. The molecule has 0 atom stereocenters. The maximum atomic E-state index is 12.9. The molecule has 136 valence electrons. The Labute approximate surface area is 152 Å². The van der Waals surface area contributed by atoms with Crippen molar-refractivity contribution in [3.8, 4) is 0 Å². The Bertz CT molecular complexity index is 862. The average Bonchev–Trinajstić information content (AvgIpc) is 3.23. The van der Waals surface area contributed by atoms with Crippen LogP contribution >= 0.6 is 11.3 Å². The number of sulfonamides is 1. The van der Waals surface area contributed by atoms with E-state index < -0.39 is 10.0 Å². The van der Waals surface area contributed by atoms with Crippen LogP contribution in [-0.4, -0.2) is 36.3 Å². The summed E-state index contributed by atoms with van der Waals surface area (Å²) in [5.74, 6) is -0.343. The number of carbonyl (C=O) groups is 1. The average molecular weight is 382 g/mol. The van der Waals surface area contributed by atoms with E-state index >= 15 is 0 Å². The molecule has 1 saturated heterocycles. The van der Waals surface area contributed by atoms with Crippen molar-refractivity contribution in [2.24, 2.45) is 7.05 Å². The van der Waals surface area contributed by atoms with Crippen LogP contribution in [0.3, 0.4) is 0 Å². The van der Waals surface area contributed by atoms with Crippen LogP contribution in [0.5, 0.6) is 0 Å². The van der Waals surface area contributed by atoms with E-state index in [1.807, 2.05) is 30.7 Å². The SMILES string of the molecule is Cc1ccc(CNC(=O)c2sccc2S(=O)(=O)N2CCCCC2)n1C. The van der Waals surface area contributed by atoms with Gasteiger partial charge in [0.05, 0.1) is 6.54 Å². The summed E-state index contributed by atoms with van der Waals surface area (Å²) in [7, 11) is -1.66. The van der Waals surface area contributed by atoms with Gasteiger partial charge in [-0.2, -0.15) is 4.31 Å². The molecule has 1 N–H and O–H groups in total. The summed E-state index contributed by atoms with van der Waals surface area (Å²) in [6, 6.07) is 5.48. The van der Waals surface area contributed by atoms with E-state index in [0.717, 1.165) is 30.7 Å². The molecule has 1 aliphatic rings. The largest absolute Gasteiger partial charge is 0.350 e. The van der Waals surface area contributed by atoms with Gasteiger partial charge < -0.3 is 9.88 Å². The quantitative estimate of drug-likeness (QED) is 0.865. The molecule has 6 nitrogen and oxygen atoms in total. The third-order valence-electron chi connectivity index (χ3n) is 4.68. The number of hydrogen-bond donors (Lipinski definition) is 1. The highest BCUT2D eigenvalue weighted by Crippen LogP contribution is 2.27. The second-order valence-electron chi connectivity index (χ2n) is 6.29. The van der Waals surface area contributed by atoms with Crippen molar-refractivity contribution in [2.75, 3.05) is 13.1 Å². The van der Waals surface area contributed by atoms with E-state index in [9.17, 15) is 13.2 Å². The Morgan fingerprint density at radius 3 is 2.56 bits per heavy atom. The van der Waals surface area contributed by atoms with Crippen LogP contribution in [0, 0.1) is 6.92 Å². The summed E-state index contributed by atoms with van der Waals surface area (Å²) in [6.45, 7) is 3.42. The molecule has 3 rings (SSSR count). The minimum atomic E-state index is -3.60. The van der Waals surface area contributed by atoms with Crippen molar-refractivity contribution < 1.29 is 13.2 Å². The van der Waals surface area contributed by atoms with Gasteiger partial charge in [-0.1, -0.05) is 6.42 Å². The van der Waals surface area contributed by atoms with Crippen LogP contribution in [0.15, 0.2) is 28.5 Å². The fourth-order valence-corrected chi connectivity index (χ4v) is 5.84. The molecular formula is C17H23N3O3S2. The van der Waals surface area contributed by atoms with Gasteiger partial charge in [0.2, 0.25) is 10.0 Å². The van der Waals surface area contributed by atoms with Gasteiger partial charge >= 0.3 is 0 Å². The topological polar surface area (TPSA) is 71.4 Å². The van der Waals surface area contributed by atoms with E-state index in [1.165, 1.54) is 21.7 Å². The Balaban J connectivity index is 1.76. The highest BCUT2D eigenvalue weighted by atomic mass is 32.2. The molecule has 0 unspecified atom stereocenters. The number of nitrogens with zero attached hydrogens (tertiary/aromatic N) is 2. The van der Waals surface area contributed by atoms with Gasteiger partial charge in [0, 0.05) is 31.5 Å². The fourth-order valence-electron chi connectivity index (χ4n) is 3.01. The van der Waals surface area contributed by atoms with Crippen molar-refractivity contribution in [3.63, 3.8) is 0 Å². The molecule has 0 spiro atoms. The first-order valence-corrected chi connectivity index (χ1v) is 10.7. The predicted molar refractivity (Wildman–Crippen MR) is 98.2 cm³/mol. The number of thiophene rings is 1. The third kappa shape index (κ3) is 3.65. The van der Waals surface area contributed by atoms with E-state index in [1.54, 1.807) is 5.38 Å². The number of carbonyl (C=O) groups excluding carboxylic acids is 1. The lowest BCUT2D eigenvalue weighted by atomic mass is 10.2. The molecule has 3 heterocycles. The van der Waals surface area contributed by atoms with Gasteiger partial charge in [-0.05, 0) is 43.3 Å². The van der Waals surface area contributed by atoms with E-state index in [4.69, 9.17) is 0 Å². The van der Waals surface area contributed by atoms with Crippen molar-refractivity contribution in [3.05, 3.63) is 39.8 Å². The standard InChI is InChI=1S/C17H23N3O3S2/c1-13-6-7-14(19(13)2)12-18-17(21)16-15(8-11-24-16)25(22,23)20-9-4-3-5-10-20/h6-8,11H,3-5,9-10,12H2,1-2H3,(H,18,21). The first-order valence-electron chi connectivity index (χ1n) is 8.38. The second kappa shape index (κ2) is 7.31. The second-order valence-corrected chi connectivity index (χ2v) is 9.11. The van der Waals surface area contributed by atoms with E-state index in [-0.39, 0.29) is 15.7 Å². The lowest BCUT2D eigenvalue weighted by molar-refractivity contribution is 0.0951. The van der Waals surface area contributed by atoms with Crippen molar-refractivity contribution >= 4 is 27.3 Å². The zero-order chi connectivity index (χ0) is 18.0. The summed E-state index contributed by atoms with van der Waals surface area (Å²) >= 11 is 1.17. The van der Waals surface area contributed by atoms with Crippen molar-refractivity contribution in [2.45, 2.75) is 37.6 Å². The summed E-state index contributed by atoms with van der Waals surface area (Å²) < 4.78 is 29.2. The van der Waals surface area contributed by atoms with Crippen molar-refractivity contribution in [1.29, 1.82) is 0 Å². The van der Waals surface area contributed by atoms with Gasteiger partial charge in [0.25, 0.3) is 5.91 Å². The molecule has 8 heteroatoms. The lowest BCUT2D eigenvalue weighted by Crippen LogP contribution is -2.36. The molecule has 1 fully saturated rings. The minimum Gasteiger partial charge on any atom is -0.350 e. The Kier molecular flexibility index (Phi) is 5.31. The molecular weight excluding hydrogens is 358 g/mol. The smallest absolute Gasteiger partial charge is 0.263 e. The van der Waals surface area contributed by atoms with Crippen LogP contribution in [0.2, 0.25) is 0 Å². The van der Waals surface area contributed by atoms with Gasteiger partial charge in [-0.15, -0.1) is 11.3 Å². The summed E-state index contributed by atoms with van der Waals surface area (Å²) in [4.78, 5) is 12.9. The van der Waals surface area contributed by atoms with Crippen LogP contribution < -0.4 is 5.32 Å². The molecule has 0 radical (unpaired) electrons. The van der Waals surface area contributed by atoms with Gasteiger partial charge in [0.15, 0.2) is 0 Å². The minimum absolute atomic E-state index is 0.125. The molecule has 2 aromatic heterocycles. The monoisotopic (exact) mass is 381 g/mol. The van der Waals surface area contributed by atoms with Gasteiger partial charge in [0.1, 0.15) is 9.77 Å². The summed E-state index contributed by atoms with van der Waals surface area (Å²) in [5.41, 5.74) is 2.08. The number of piperidine rings is 1. The first-order chi connectivity index (χ1) is 11.9. The van der Waals surface area contributed by atoms with Gasteiger partial charge in [-0.3, -0.25) is 4.79 Å². The van der Waals surface area contributed by atoms with E-state index in [2.05, 4.69) is 5.32 Å². The number of aromatic nitrogens is 1. The number of rotatable bonds is 5. The third-order valence-corrected chi connectivity index (χ3v) is 7.66. The molecule has 1 aliphatic heterocycles. The highest BCUT2D eigenvalue weighted by molar-refractivity contribution is 7.89. The molecule has 0 bridgehead atoms. The zero-order valence-corrected chi connectivity index (χ0v) is 16.1. The predicted octanol–water partition coefficient (Wildman–Crippen LogP) is 2.50. The number of aryl methyl sites for hydroxylation is 1. The number of hydrogen-bond acceptors (Lipinski definition) is 4. The molecule has 0 aromatic carbocycles. The Morgan fingerprint density at radius 2 is 1.92 bits per heavy atom. The molecule has 2 aromatic rings. The first kappa shape index (κ1) is 18.2. The fraction of sp³-hybridized carbons (Fsp3) is 0.471. The molecule has 0 aliphatic carbocycles. The Hall–Kier alpha value is -1.64. The number of amides is 1.